The molecule has 2 nitrogen and oxygen atoms in total. The Balaban J connectivity index is 2.00. The Bertz CT molecular complexity index is 353. The summed E-state index contributed by atoms with van der Waals surface area (Å²) in [6.45, 7) is 1.60. The normalized spacial score (nSPS) is 19.2. The van der Waals surface area contributed by atoms with Crippen molar-refractivity contribution in [1.29, 1.82) is 0 Å². The molecule has 1 aromatic carbocycles. The van der Waals surface area contributed by atoms with E-state index in [1.54, 1.807) is 0 Å². The van der Waals surface area contributed by atoms with Gasteiger partial charge in [-0.05, 0) is 30.5 Å². The Kier molecular flexibility index (Phi) is 5.29. The zero-order chi connectivity index (χ0) is 12.1. The molecule has 0 radical (unpaired) electrons. The molecule has 1 saturated heterocycles. The van der Waals surface area contributed by atoms with Crippen LogP contribution in [0.2, 0.25) is 5.02 Å². The molecule has 1 aliphatic heterocycles. The van der Waals surface area contributed by atoms with E-state index in [4.69, 9.17) is 21.1 Å². The predicted octanol–water partition coefficient (Wildman–Crippen LogP) is 3.97. The molecule has 1 fully saturated rings. The van der Waals surface area contributed by atoms with E-state index < -0.39 is 0 Å². The van der Waals surface area contributed by atoms with Crippen molar-refractivity contribution in [3.63, 3.8) is 0 Å². The summed E-state index contributed by atoms with van der Waals surface area (Å²) in [4.78, 5) is 0. The smallest absolute Gasteiger partial charge is 0.0925 e. The summed E-state index contributed by atoms with van der Waals surface area (Å²) in [5.41, 5.74) is 1.13. The van der Waals surface area contributed by atoms with Gasteiger partial charge in [0.05, 0.1) is 12.2 Å². The van der Waals surface area contributed by atoms with Crippen molar-refractivity contribution in [2.24, 2.45) is 0 Å². The summed E-state index contributed by atoms with van der Waals surface area (Å²) in [6.07, 6.45) is 2.32. The third kappa shape index (κ3) is 3.95. The number of hydrogen-bond donors (Lipinski definition) is 0. The predicted molar refractivity (Wildman–Crippen MR) is 72.9 cm³/mol. The van der Waals surface area contributed by atoms with Crippen LogP contribution >= 0.6 is 27.5 Å². The van der Waals surface area contributed by atoms with Gasteiger partial charge in [-0.1, -0.05) is 39.7 Å². The van der Waals surface area contributed by atoms with Crippen LogP contribution in [0.4, 0.5) is 0 Å². The van der Waals surface area contributed by atoms with Gasteiger partial charge in [0.25, 0.3) is 0 Å². The van der Waals surface area contributed by atoms with Gasteiger partial charge >= 0.3 is 0 Å². The van der Waals surface area contributed by atoms with E-state index in [-0.39, 0.29) is 6.10 Å². The standard InChI is InChI=1S/C13H16BrClO2/c14-9-13(10-2-1-3-11(15)8-10)17-12-4-6-16-7-5-12/h1-3,8,12-13H,4-7,9H2. The number of alkyl halides is 1. The topological polar surface area (TPSA) is 18.5 Å². The molecular weight excluding hydrogens is 303 g/mol. The molecule has 1 unspecified atom stereocenters. The van der Waals surface area contributed by atoms with Crippen LogP contribution < -0.4 is 0 Å². The quantitative estimate of drug-likeness (QED) is 0.782. The molecule has 4 heteroatoms. The van der Waals surface area contributed by atoms with Gasteiger partial charge in [-0.25, -0.2) is 0 Å². The first-order valence-electron chi connectivity index (χ1n) is 5.84. The Hall–Kier alpha value is -0.0900. The molecule has 0 spiro atoms. The van der Waals surface area contributed by atoms with Crippen LogP contribution in [0.3, 0.4) is 0 Å². The summed E-state index contributed by atoms with van der Waals surface area (Å²) in [6, 6.07) is 7.86. The van der Waals surface area contributed by atoms with E-state index in [1.807, 2.05) is 18.2 Å². The molecule has 0 saturated carbocycles. The molecule has 0 aromatic heterocycles. The molecule has 17 heavy (non-hydrogen) atoms. The fraction of sp³-hybridized carbons (Fsp3) is 0.538. The summed E-state index contributed by atoms with van der Waals surface area (Å²) in [7, 11) is 0. The zero-order valence-corrected chi connectivity index (χ0v) is 11.9. The van der Waals surface area contributed by atoms with Crippen molar-refractivity contribution in [3.8, 4) is 0 Å². The van der Waals surface area contributed by atoms with Crippen molar-refractivity contribution in [2.75, 3.05) is 18.5 Å². The highest BCUT2D eigenvalue weighted by Gasteiger charge is 2.20. The Morgan fingerprint density at radius 2 is 2.18 bits per heavy atom. The molecule has 1 aliphatic rings. The minimum Gasteiger partial charge on any atom is -0.381 e. The summed E-state index contributed by atoms with van der Waals surface area (Å²) in [5, 5.41) is 1.54. The average molecular weight is 320 g/mol. The van der Waals surface area contributed by atoms with E-state index >= 15 is 0 Å². The summed E-state index contributed by atoms with van der Waals surface area (Å²) < 4.78 is 11.4. The first-order valence-corrected chi connectivity index (χ1v) is 7.34. The van der Waals surface area contributed by atoms with E-state index in [2.05, 4.69) is 22.0 Å². The molecule has 0 bridgehead atoms. The monoisotopic (exact) mass is 318 g/mol. The molecule has 1 aromatic rings. The van der Waals surface area contributed by atoms with Crippen molar-refractivity contribution in [2.45, 2.75) is 25.0 Å². The second-order valence-electron chi connectivity index (χ2n) is 4.15. The van der Waals surface area contributed by atoms with Gasteiger partial charge in [0, 0.05) is 23.6 Å². The van der Waals surface area contributed by atoms with Crippen molar-refractivity contribution in [3.05, 3.63) is 34.9 Å². The molecule has 1 heterocycles. The van der Waals surface area contributed by atoms with E-state index in [0.717, 1.165) is 42.0 Å². The first kappa shape index (κ1) is 13.3. The van der Waals surface area contributed by atoms with Gasteiger partial charge < -0.3 is 9.47 Å². The third-order valence-corrected chi connectivity index (χ3v) is 3.71. The number of rotatable bonds is 4. The third-order valence-electron chi connectivity index (χ3n) is 2.89. The minimum absolute atomic E-state index is 0.0665. The molecule has 0 aliphatic carbocycles. The van der Waals surface area contributed by atoms with Crippen LogP contribution in [-0.2, 0) is 9.47 Å². The number of ether oxygens (including phenoxy) is 2. The van der Waals surface area contributed by atoms with E-state index in [0.29, 0.717) is 6.10 Å². The van der Waals surface area contributed by atoms with Crippen LogP contribution in [-0.4, -0.2) is 24.6 Å². The van der Waals surface area contributed by atoms with Crippen LogP contribution in [0.5, 0.6) is 0 Å². The number of halogens is 2. The number of benzene rings is 1. The van der Waals surface area contributed by atoms with Gasteiger partial charge in [0.2, 0.25) is 0 Å². The van der Waals surface area contributed by atoms with Gasteiger partial charge in [0.1, 0.15) is 0 Å². The van der Waals surface area contributed by atoms with Crippen molar-refractivity contribution >= 4 is 27.5 Å². The summed E-state index contributed by atoms with van der Waals surface area (Å²) >= 11 is 9.50. The van der Waals surface area contributed by atoms with Crippen LogP contribution in [0.15, 0.2) is 24.3 Å². The first-order chi connectivity index (χ1) is 8.29. The second-order valence-corrected chi connectivity index (χ2v) is 5.23. The van der Waals surface area contributed by atoms with Gasteiger partial charge in [0.15, 0.2) is 0 Å². The lowest BCUT2D eigenvalue weighted by molar-refractivity contribution is -0.0616. The fourth-order valence-corrected chi connectivity index (χ4v) is 2.68. The SMILES string of the molecule is Clc1cccc(C(CBr)OC2CCOCC2)c1. The maximum Gasteiger partial charge on any atom is 0.0925 e. The largest absolute Gasteiger partial charge is 0.381 e. The number of hydrogen-bond acceptors (Lipinski definition) is 2. The molecule has 0 amide bonds. The lowest BCUT2D eigenvalue weighted by atomic mass is 10.1. The lowest BCUT2D eigenvalue weighted by Gasteiger charge is -2.27. The van der Waals surface area contributed by atoms with Gasteiger partial charge in [-0.2, -0.15) is 0 Å². The minimum atomic E-state index is 0.0665. The van der Waals surface area contributed by atoms with Crippen molar-refractivity contribution < 1.29 is 9.47 Å². The maximum atomic E-state index is 6.10. The lowest BCUT2D eigenvalue weighted by Crippen LogP contribution is -2.25. The highest BCUT2D eigenvalue weighted by molar-refractivity contribution is 9.09. The molecule has 1 atom stereocenters. The van der Waals surface area contributed by atoms with Crippen molar-refractivity contribution in [1.82, 2.24) is 0 Å². The van der Waals surface area contributed by atoms with Crippen LogP contribution in [0.25, 0.3) is 0 Å². The van der Waals surface area contributed by atoms with E-state index in [1.165, 1.54) is 0 Å². The zero-order valence-electron chi connectivity index (χ0n) is 9.57. The second kappa shape index (κ2) is 6.74. The Morgan fingerprint density at radius 1 is 1.41 bits per heavy atom. The summed E-state index contributed by atoms with van der Waals surface area (Å²) in [5.74, 6) is 0. The van der Waals surface area contributed by atoms with Gasteiger partial charge in [-0.3, -0.25) is 0 Å². The molecule has 0 N–H and O–H groups in total. The Morgan fingerprint density at radius 3 is 2.82 bits per heavy atom. The average Bonchev–Trinajstić information content (AvgIpc) is 2.37. The Labute approximate surface area is 115 Å². The highest BCUT2D eigenvalue weighted by Crippen LogP contribution is 2.26. The van der Waals surface area contributed by atoms with Crippen LogP contribution in [0.1, 0.15) is 24.5 Å². The maximum absolute atomic E-state index is 6.10. The van der Waals surface area contributed by atoms with Gasteiger partial charge in [-0.15, -0.1) is 0 Å². The fourth-order valence-electron chi connectivity index (χ4n) is 1.96. The molecule has 2 rings (SSSR count). The highest BCUT2D eigenvalue weighted by atomic mass is 79.9. The molecular formula is C13H16BrClO2. The van der Waals surface area contributed by atoms with E-state index in [9.17, 15) is 0 Å². The van der Waals surface area contributed by atoms with Crippen LogP contribution in [0, 0.1) is 0 Å². The molecule has 94 valence electrons.